The van der Waals surface area contributed by atoms with Gasteiger partial charge in [0.2, 0.25) is 0 Å². The molecule has 2 aromatic heterocycles. The Bertz CT molecular complexity index is 846. The van der Waals surface area contributed by atoms with Crippen LogP contribution in [0.5, 0.6) is 0 Å². The van der Waals surface area contributed by atoms with Gasteiger partial charge in [0, 0.05) is 19.9 Å². The Labute approximate surface area is 158 Å². The molecule has 7 heteroatoms. The molecule has 0 radical (unpaired) electrons. The molecule has 2 N–H and O–H groups in total. The van der Waals surface area contributed by atoms with Gasteiger partial charge < -0.3 is 19.9 Å². The lowest BCUT2D eigenvalue weighted by molar-refractivity contribution is -0.0211. The highest BCUT2D eigenvalue weighted by Crippen LogP contribution is 2.36. The van der Waals surface area contributed by atoms with Crippen molar-refractivity contribution in [2.24, 2.45) is 24.8 Å². The van der Waals surface area contributed by atoms with Gasteiger partial charge in [-0.3, -0.25) is 4.79 Å². The number of aryl methyl sites for hydroxylation is 1. The highest BCUT2D eigenvalue weighted by molar-refractivity contribution is 5.96. The van der Waals surface area contributed by atoms with Crippen molar-refractivity contribution in [3.8, 4) is 0 Å². The molecule has 5 rings (SSSR count). The van der Waals surface area contributed by atoms with Gasteiger partial charge in [0.15, 0.2) is 5.65 Å². The molecular weight excluding hydrogens is 342 g/mol. The summed E-state index contributed by atoms with van der Waals surface area (Å²) in [7, 11) is 1.90. The van der Waals surface area contributed by atoms with Gasteiger partial charge in [-0.1, -0.05) is 0 Å². The van der Waals surface area contributed by atoms with Gasteiger partial charge in [0.25, 0.3) is 5.91 Å². The lowest BCUT2D eigenvalue weighted by Crippen LogP contribution is -2.50. The molecule has 4 atom stereocenters. The van der Waals surface area contributed by atoms with E-state index in [9.17, 15) is 4.79 Å². The fourth-order valence-corrected chi connectivity index (χ4v) is 4.55. The van der Waals surface area contributed by atoms with E-state index < -0.39 is 0 Å². The third-order valence-corrected chi connectivity index (χ3v) is 6.39. The Morgan fingerprint density at radius 1 is 1.30 bits per heavy atom. The van der Waals surface area contributed by atoms with Gasteiger partial charge in [0.05, 0.1) is 24.0 Å². The van der Waals surface area contributed by atoms with Crippen LogP contribution >= 0.6 is 0 Å². The molecule has 0 bridgehead atoms. The topological polar surface area (TPSA) is 81.1 Å². The molecule has 1 amide bonds. The van der Waals surface area contributed by atoms with Crippen molar-refractivity contribution >= 4 is 17.1 Å². The third kappa shape index (κ3) is 3.46. The third-order valence-electron chi connectivity index (χ3n) is 6.39. The predicted octanol–water partition coefficient (Wildman–Crippen LogP) is 1.49. The number of pyridine rings is 1. The van der Waals surface area contributed by atoms with Crippen LogP contribution in [0.4, 0.5) is 0 Å². The van der Waals surface area contributed by atoms with E-state index in [2.05, 4.69) is 20.6 Å². The minimum Gasteiger partial charge on any atom is -0.376 e. The van der Waals surface area contributed by atoms with E-state index in [0.717, 1.165) is 49.6 Å². The molecule has 1 saturated heterocycles. The lowest BCUT2D eigenvalue weighted by atomic mass is 9.77. The van der Waals surface area contributed by atoms with Crippen LogP contribution in [0.3, 0.4) is 0 Å². The number of carbonyl (C=O) groups excluding carboxylic acids is 1. The van der Waals surface area contributed by atoms with Crippen molar-refractivity contribution in [3.05, 3.63) is 24.2 Å². The van der Waals surface area contributed by atoms with Crippen LogP contribution in [0, 0.1) is 17.8 Å². The maximum Gasteiger partial charge on any atom is 0.253 e. The SMILES string of the molecule is Cn1cnc2cc(C(=O)N[C@H]3C[C@H]4CNC[C@H]4C[C@@H]3OCC3CC3)cnc21. The van der Waals surface area contributed by atoms with E-state index in [0.29, 0.717) is 17.4 Å². The first kappa shape index (κ1) is 17.1. The molecule has 27 heavy (non-hydrogen) atoms. The van der Waals surface area contributed by atoms with E-state index in [-0.39, 0.29) is 18.1 Å². The zero-order valence-corrected chi connectivity index (χ0v) is 15.7. The summed E-state index contributed by atoms with van der Waals surface area (Å²) in [6.07, 6.45) is 8.06. The van der Waals surface area contributed by atoms with Crippen LogP contribution in [0.1, 0.15) is 36.0 Å². The maximum atomic E-state index is 12.9. The second-order valence-electron chi connectivity index (χ2n) is 8.47. The number of hydrogen-bond acceptors (Lipinski definition) is 5. The lowest BCUT2D eigenvalue weighted by Gasteiger charge is -2.38. The fourth-order valence-electron chi connectivity index (χ4n) is 4.55. The molecular formula is C20H27N5O2. The van der Waals surface area contributed by atoms with Crippen molar-refractivity contribution in [1.29, 1.82) is 0 Å². The molecule has 144 valence electrons. The van der Waals surface area contributed by atoms with E-state index >= 15 is 0 Å². The molecule has 2 aliphatic carbocycles. The van der Waals surface area contributed by atoms with E-state index in [1.165, 1.54) is 12.8 Å². The second-order valence-corrected chi connectivity index (χ2v) is 8.47. The first-order chi connectivity index (χ1) is 13.2. The van der Waals surface area contributed by atoms with Gasteiger partial charge in [-0.05, 0) is 62.6 Å². The average Bonchev–Trinajstić information content (AvgIpc) is 3.28. The number of hydrogen-bond donors (Lipinski definition) is 2. The summed E-state index contributed by atoms with van der Waals surface area (Å²) in [5.41, 5.74) is 2.10. The zero-order valence-electron chi connectivity index (χ0n) is 15.7. The second kappa shape index (κ2) is 6.87. The van der Waals surface area contributed by atoms with Crippen LogP contribution < -0.4 is 10.6 Å². The number of rotatable bonds is 5. The maximum absolute atomic E-state index is 12.9. The van der Waals surface area contributed by atoms with Gasteiger partial charge in [-0.25, -0.2) is 9.97 Å². The average molecular weight is 369 g/mol. The Hall–Kier alpha value is -1.99. The predicted molar refractivity (Wildman–Crippen MR) is 101 cm³/mol. The highest BCUT2D eigenvalue weighted by Gasteiger charge is 2.41. The molecule has 0 aromatic carbocycles. The molecule has 1 aliphatic heterocycles. The van der Waals surface area contributed by atoms with Crippen molar-refractivity contribution in [2.45, 2.75) is 37.8 Å². The summed E-state index contributed by atoms with van der Waals surface area (Å²) in [5.74, 6) is 1.96. The Balaban J connectivity index is 1.31. The van der Waals surface area contributed by atoms with Crippen LogP contribution in [0.15, 0.2) is 18.6 Å². The van der Waals surface area contributed by atoms with E-state index in [1.54, 1.807) is 12.5 Å². The molecule has 0 spiro atoms. The number of fused-ring (bicyclic) bond motifs is 2. The van der Waals surface area contributed by atoms with Gasteiger partial charge in [-0.15, -0.1) is 0 Å². The van der Waals surface area contributed by atoms with E-state index in [4.69, 9.17) is 4.74 Å². The normalized spacial score (nSPS) is 30.4. The summed E-state index contributed by atoms with van der Waals surface area (Å²) in [5, 5.41) is 6.75. The van der Waals surface area contributed by atoms with Crippen LogP contribution in [-0.4, -0.2) is 52.3 Å². The summed E-state index contributed by atoms with van der Waals surface area (Å²) >= 11 is 0. The first-order valence-corrected chi connectivity index (χ1v) is 10.1. The van der Waals surface area contributed by atoms with Crippen molar-refractivity contribution in [3.63, 3.8) is 0 Å². The molecule has 3 aliphatic rings. The highest BCUT2D eigenvalue weighted by atomic mass is 16.5. The summed E-state index contributed by atoms with van der Waals surface area (Å²) in [4.78, 5) is 21.6. The molecule has 2 aromatic rings. The largest absolute Gasteiger partial charge is 0.376 e. The van der Waals surface area contributed by atoms with Crippen LogP contribution in [-0.2, 0) is 11.8 Å². The Morgan fingerprint density at radius 2 is 2.11 bits per heavy atom. The zero-order chi connectivity index (χ0) is 18.4. The summed E-state index contributed by atoms with van der Waals surface area (Å²) in [6, 6.07) is 1.89. The molecule has 0 unspecified atom stereocenters. The summed E-state index contributed by atoms with van der Waals surface area (Å²) in [6.45, 7) is 2.96. The number of ether oxygens (including phenoxy) is 1. The first-order valence-electron chi connectivity index (χ1n) is 10.1. The minimum absolute atomic E-state index is 0.0665. The van der Waals surface area contributed by atoms with Crippen LogP contribution in [0.2, 0.25) is 0 Å². The van der Waals surface area contributed by atoms with Crippen molar-refractivity contribution in [1.82, 2.24) is 25.2 Å². The standard InChI is InChI=1S/C20H27N5O2/c1-25-11-23-17-5-15(9-22-19(17)25)20(26)24-16-4-13-7-21-8-14(13)6-18(16)27-10-12-2-3-12/h5,9,11-14,16,18,21H,2-4,6-8,10H2,1H3,(H,24,26)/t13-,14+,16-,18-/m0/s1. The fraction of sp³-hybridized carbons (Fsp3) is 0.650. The number of aromatic nitrogens is 3. The quantitative estimate of drug-likeness (QED) is 0.835. The number of amides is 1. The summed E-state index contributed by atoms with van der Waals surface area (Å²) < 4.78 is 8.12. The molecule has 2 saturated carbocycles. The number of nitrogens with zero attached hydrogens (tertiary/aromatic N) is 3. The Kier molecular flexibility index (Phi) is 4.36. The van der Waals surface area contributed by atoms with Gasteiger partial charge >= 0.3 is 0 Å². The number of nitrogens with one attached hydrogen (secondary N) is 2. The van der Waals surface area contributed by atoms with Gasteiger partial charge in [-0.2, -0.15) is 0 Å². The monoisotopic (exact) mass is 369 g/mol. The van der Waals surface area contributed by atoms with Gasteiger partial charge in [0.1, 0.15) is 5.52 Å². The number of carbonyl (C=O) groups is 1. The smallest absolute Gasteiger partial charge is 0.253 e. The molecule has 3 fully saturated rings. The van der Waals surface area contributed by atoms with Crippen molar-refractivity contribution < 1.29 is 9.53 Å². The number of imidazole rings is 1. The molecule has 7 nitrogen and oxygen atoms in total. The van der Waals surface area contributed by atoms with Crippen molar-refractivity contribution in [2.75, 3.05) is 19.7 Å². The Morgan fingerprint density at radius 3 is 2.93 bits per heavy atom. The minimum atomic E-state index is -0.0792. The van der Waals surface area contributed by atoms with E-state index in [1.807, 2.05) is 17.7 Å². The van der Waals surface area contributed by atoms with Crippen LogP contribution in [0.25, 0.3) is 11.2 Å². The molecule has 3 heterocycles.